The molecule has 0 bridgehead atoms. The second-order valence-corrected chi connectivity index (χ2v) is 4.07. The maximum absolute atomic E-state index is 11.5. The van der Waals surface area contributed by atoms with Crippen LogP contribution in [0.3, 0.4) is 0 Å². The number of nitrogens with one attached hydrogen (secondary N) is 1. The zero-order valence-electron chi connectivity index (χ0n) is 10.6. The standard InChI is InChI=1S/C15H18N2O/c1-2-3-4-11-17-15(18)10-9-13-5-7-14(12-16)8-6-13/h5-10H,2-4,11H2,1H3,(H,17,18)/b10-9+. The van der Waals surface area contributed by atoms with Gasteiger partial charge in [0, 0.05) is 12.6 Å². The second kappa shape index (κ2) is 8.08. The lowest BCUT2D eigenvalue weighted by Crippen LogP contribution is -2.21. The summed E-state index contributed by atoms with van der Waals surface area (Å²) in [4.78, 5) is 11.5. The fourth-order valence-corrected chi connectivity index (χ4v) is 1.49. The molecule has 18 heavy (non-hydrogen) atoms. The van der Waals surface area contributed by atoms with Crippen LogP contribution in [0.2, 0.25) is 0 Å². The van der Waals surface area contributed by atoms with E-state index in [-0.39, 0.29) is 5.91 Å². The van der Waals surface area contributed by atoms with Crippen LogP contribution in [0.1, 0.15) is 37.3 Å². The number of nitrogens with zero attached hydrogens (tertiary/aromatic N) is 1. The Bertz CT molecular complexity index is 441. The fourth-order valence-electron chi connectivity index (χ4n) is 1.49. The molecule has 3 nitrogen and oxygen atoms in total. The first-order valence-corrected chi connectivity index (χ1v) is 6.22. The van der Waals surface area contributed by atoms with Crippen molar-refractivity contribution in [3.63, 3.8) is 0 Å². The van der Waals surface area contributed by atoms with Gasteiger partial charge in [0.1, 0.15) is 0 Å². The molecule has 0 fully saturated rings. The SMILES string of the molecule is CCCCCNC(=O)/C=C/c1ccc(C#N)cc1. The highest BCUT2D eigenvalue weighted by Crippen LogP contribution is 2.04. The maximum atomic E-state index is 11.5. The van der Waals surface area contributed by atoms with Crippen LogP contribution >= 0.6 is 0 Å². The Morgan fingerprint density at radius 1 is 1.33 bits per heavy atom. The van der Waals surface area contributed by atoms with Gasteiger partial charge in [-0.3, -0.25) is 4.79 Å². The van der Waals surface area contributed by atoms with E-state index in [9.17, 15) is 4.79 Å². The summed E-state index contributed by atoms with van der Waals surface area (Å²) in [6.07, 6.45) is 6.58. The molecule has 0 heterocycles. The molecule has 0 saturated carbocycles. The van der Waals surface area contributed by atoms with Gasteiger partial charge < -0.3 is 5.32 Å². The number of rotatable bonds is 6. The highest BCUT2D eigenvalue weighted by molar-refractivity contribution is 5.91. The summed E-state index contributed by atoms with van der Waals surface area (Å²) in [6, 6.07) is 9.16. The van der Waals surface area contributed by atoms with Crippen molar-refractivity contribution in [3.05, 3.63) is 41.5 Å². The van der Waals surface area contributed by atoms with Gasteiger partial charge in [-0.25, -0.2) is 0 Å². The van der Waals surface area contributed by atoms with E-state index in [0.29, 0.717) is 5.56 Å². The molecule has 0 aliphatic heterocycles. The van der Waals surface area contributed by atoms with Crippen molar-refractivity contribution in [1.29, 1.82) is 5.26 Å². The van der Waals surface area contributed by atoms with E-state index in [1.165, 1.54) is 6.08 Å². The van der Waals surface area contributed by atoms with Gasteiger partial charge in [-0.15, -0.1) is 0 Å². The van der Waals surface area contributed by atoms with Gasteiger partial charge in [0.25, 0.3) is 0 Å². The fraction of sp³-hybridized carbons (Fsp3) is 0.333. The topological polar surface area (TPSA) is 52.9 Å². The van der Waals surface area contributed by atoms with Gasteiger partial charge >= 0.3 is 0 Å². The average molecular weight is 242 g/mol. The minimum absolute atomic E-state index is 0.0736. The first-order chi connectivity index (χ1) is 8.76. The predicted molar refractivity (Wildman–Crippen MR) is 72.7 cm³/mol. The molecule has 0 atom stereocenters. The Labute approximate surface area is 108 Å². The van der Waals surface area contributed by atoms with Crippen molar-refractivity contribution in [2.75, 3.05) is 6.54 Å². The molecule has 0 aliphatic rings. The van der Waals surface area contributed by atoms with Crippen LogP contribution in [-0.4, -0.2) is 12.5 Å². The molecule has 1 N–H and O–H groups in total. The zero-order valence-corrected chi connectivity index (χ0v) is 10.6. The largest absolute Gasteiger partial charge is 0.353 e. The zero-order chi connectivity index (χ0) is 13.2. The minimum atomic E-state index is -0.0736. The van der Waals surface area contributed by atoms with E-state index in [4.69, 9.17) is 5.26 Å². The molecule has 0 aromatic heterocycles. The number of carbonyl (C=O) groups is 1. The van der Waals surface area contributed by atoms with Crippen LogP contribution < -0.4 is 5.32 Å². The Morgan fingerprint density at radius 2 is 2.06 bits per heavy atom. The number of unbranched alkanes of at least 4 members (excludes halogenated alkanes) is 2. The molecule has 0 radical (unpaired) electrons. The number of hydrogen-bond acceptors (Lipinski definition) is 2. The Kier molecular flexibility index (Phi) is 6.27. The van der Waals surface area contributed by atoms with Gasteiger partial charge in [0.05, 0.1) is 11.6 Å². The molecule has 0 unspecified atom stereocenters. The van der Waals surface area contributed by atoms with Crippen molar-refractivity contribution in [2.24, 2.45) is 0 Å². The van der Waals surface area contributed by atoms with Gasteiger partial charge in [-0.05, 0) is 30.2 Å². The number of benzene rings is 1. The number of nitriles is 1. The van der Waals surface area contributed by atoms with E-state index in [2.05, 4.69) is 18.3 Å². The minimum Gasteiger partial charge on any atom is -0.353 e. The quantitative estimate of drug-likeness (QED) is 0.616. The molecule has 0 saturated heterocycles. The summed E-state index contributed by atoms with van der Waals surface area (Å²) in [7, 11) is 0. The monoisotopic (exact) mass is 242 g/mol. The smallest absolute Gasteiger partial charge is 0.243 e. The summed E-state index contributed by atoms with van der Waals surface area (Å²) in [5, 5.41) is 11.5. The predicted octanol–water partition coefficient (Wildman–Crippen LogP) is 2.88. The molecule has 0 spiro atoms. The van der Waals surface area contributed by atoms with Crippen LogP contribution in [0.15, 0.2) is 30.3 Å². The molecule has 94 valence electrons. The lowest BCUT2D eigenvalue weighted by atomic mass is 10.1. The van der Waals surface area contributed by atoms with Crippen LogP contribution in [-0.2, 0) is 4.79 Å². The normalized spacial score (nSPS) is 10.2. The second-order valence-electron chi connectivity index (χ2n) is 4.07. The molecule has 1 rings (SSSR count). The van der Waals surface area contributed by atoms with Gasteiger partial charge in [0.15, 0.2) is 0 Å². The highest BCUT2D eigenvalue weighted by atomic mass is 16.1. The summed E-state index contributed by atoms with van der Waals surface area (Å²) >= 11 is 0. The molecule has 1 aromatic carbocycles. The average Bonchev–Trinajstić information content (AvgIpc) is 2.42. The van der Waals surface area contributed by atoms with Crippen molar-refractivity contribution in [1.82, 2.24) is 5.32 Å². The van der Waals surface area contributed by atoms with E-state index in [1.807, 2.05) is 12.1 Å². The molecular weight excluding hydrogens is 224 g/mol. The van der Waals surface area contributed by atoms with Crippen LogP contribution in [0, 0.1) is 11.3 Å². The van der Waals surface area contributed by atoms with Crippen LogP contribution in [0.25, 0.3) is 6.08 Å². The lowest BCUT2D eigenvalue weighted by molar-refractivity contribution is -0.116. The molecular formula is C15H18N2O. The first kappa shape index (κ1) is 14.0. The third kappa shape index (κ3) is 5.31. The molecule has 0 aliphatic carbocycles. The molecule has 3 heteroatoms. The number of carbonyl (C=O) groups excluding carboxylic acids is 1. The van der Waals surface area contributed by atoms with E-state index in [1.54, 1.807) is 18.2 Å². The van der Waals surface area contributed by atoms with Crippen molar-refractivity contribution < 1.29 is 4.79 Å². The van der Waals surface area contributed by atoms with Crippen molar-refractivity contribution in [2.45, 2.75) is 26.2 Å². The summed E-state index contributed by atoms with van der Waals surface area (Å²) in [5.41, 5.74) is 1.54. The van der Waals surface area contributed by atoms with Crippen molar-refractivity contribution in [3.8, 4) is 6.07 Å². The van der Waals surface area contributed by atoms with Crippen LogP contribution in [0.5, 0.6) is 0 Å². The number of amides is 1. The molecule has 1 aromatic rings. The van der Waals surface area contributed by atoms with E-state index < -0.39 is 0 Å². The number of hydrogen-bond donors (Lipinski definition) is 1. The van der Waals surface area contributed by atoms with Crippen LogP contribution in [0.4, 0.5) is 0 Å². The summed E-state index contributed by atoms with van der Waals surface area (Å²) in [5.74, 6) is -0.0736. The van der Waals surface area contributed by atoms with E-state index >= 15 is 0 Å². The summed E-state index contributed by atoms with van der Waals surface area (Å²) < 4.78 is 0. The molecule has 1 amide bonds. The Balaban J connectivity index is 2.38. The van der Waals surface area contributed by atoms with Gasteiger partial charge in [-0.2, -0.15) is 5.26 Å². The summed E-state index contributed by atoms with van der Waals surface area (Å²) in [6.45, 7) is 2.86. The van der Waals surface area contributed by atoms with Gasteiger partial charge in [-0.1, -0.05) is 31.9 Å². The third-order valence-electron chi connectivity index (χ3n) is 2.55. The third-order valence-corrected chi connectivity index (χ3v) is 2.55. The maximum Gasteiger partial charge on any atom is 0.243 e. The Morgan fingerprint density at radius 3 is 2.67 bits per heavy atom. The Hall–Kier alpha value is -2.08. The highest BCUT2D eigenvalue weighted by Gasteiger charge is 1.94. The lowest BCUT2D eigenvalue weighted by Gasteiger charge is -2.00. The van der Waals surface area contributed by atoms with E-state index in [0.717, 1.165) is 31.4 Å². The first-order valence-electron chi connectivity index (χ1n) is 6.22. The van der Waals surface area contributed by atoms with Gasteiger partial charge in [0.2, 0.25) is 5.91 Å². The van der Waals surface area contributed by atoms with Crippen molar-refractivity contribution >= 4 is 12.0 Å².